The summed E-state index contributed by atoms with van der Waals surface area (Å²) in [7, 11) is 0. The third-order valence-corrected chi connectivity index (χ3v) is 6.58. The van der Waals surface area contributed by atoms with Crippen molar-refractivity contribution in [1.29, 1.82) is 0 Å². The number of ether oxygens (including phenoxy) is 2. The zero-order valence-corrected chi connectivity index (χ0v) is 23.2. The molecule has 0 atom stereocenters. The van der Waals surface area contributed by atoms with Crippen molar-refractivity contribution >= 4 is 62.2 Å². The van der Waals surface area contributed by atoms with Crippen LogP contribution in [0.2, 0.25) is 10.0 Å². The number of aromatic nitrogens is 2. The van der Waals surface area contributed by atoms with Gasteiger partial charge in [0.15, 0.2) is 12.4 Å². The number of amides is 1. The number of rotatable bonds is 5. The van der Waals surface area contributed by atoms with Gasteiger partial charge in [0.1, 0.15) is 5.82 Å². The first-order valence-corrected chi connectivity index (χ1v) is 12.8. The first-order valence-electron chi connectivity index (χ1n) is 11.3. The molecule has 4 rings (SSSR count). The van der Waals surface area contributed by atoms with Gasteiger partial charge in [-0.15, -0.1) is 0 Å². The van der Waals surface area contributed by atoms with Crippen molar-refractivity contribution in [2.24, 2.45) is 5.10 Å². The lowest BCUT2D eigenvalue weighted by Gasteiger charge is -2.26. The van der Waals surface area contributed by atoms with Crippen molar-refractivity contribution < 1.29 is 14.3 Å². The van der Waals surface area contributed by atoms with E-state index in [2.05, 4.69) is 21.0 Å². The van der Waals surface area contributed by atoms with Crippen molar-refractivity contribution in [3.8, 4) is 5.75 Å². The number of halogens is 3. The lowest BCUT2D eigenvalue weighted by Crippen LogP contribution is -2.43. The Bertz CT molecular complexity index is 1370. The molecule has 0 unspecified atom stereocenters. The first-order chi connectivity index (χ1) is 17.0. The summed E-state index contributed by atoms with van der Waals surface area (Å²) < 4.78 is 13.0. The summed E-state index contributed by atoms with van der Waals surface area (Å²) in [5.41, 5.74) is 0.413. The van der Waals surface area contributed by atoms with E-state index in [1.165, 1.54) is 10.9 Å². The summed E-state index contributed by atoms with van der Waals surface area (Å²) in [5, 5.41) is 5.33. The van der Waals surface area contributed by atoms with Gasteiger partial charge in [-0.05, 0) is 35.9 Å². The highest BCUT2D eigenvalue weighted by Gasteiger charge is 2.23. The molecule has 0 bridgehead atoms. The Morgan fingerprint density at radius 3 is 2.50 bits per heavy atom. The van der Waals surface area contributed by atoms with Crippen molar-refractivity contribution in [2.75, 3.05) is 32.9 Å². The Labute approximate surface area is 226 Å². The van der Waals surface area contributed by atoms with E-state index in [9.17, 15) is 9.59 Å². The van der Waals surface area contributed by atoms with E-state index in [0.29, 0.717) is 48.6 Å². The van der Waals surface area contributed by atoms with E-state index in [1.54, 1.807) is 29.2 Å². The van der Waals surface area contributed by atoms with Crippen LogP contribution in [0.25, 0.3) is 10.9 Å². The fourth-order valence-corrected chi connectivity index (χ4v) is 4.67. The van der Waals surface area contributed by atoms with Gasteiger partial charge in [0, 0.05) is 23.0 Å². The van der Waals surface area contributed by atoms with Crippen LogP contribution in [0.1, 0.15) is 32.2 Å². The molecule has 1 aliphatic heterocycles. The van der Waals surface area contributed by atoms with Crippen LogP contribution >= 0.6 is 39.1 Å². The Kier molecular flexibility index (Phi) is 8.04. The molecule has 0 saturated carbocycles. The van der Waals surface area contributed by atoms with Gasteiger partial charge in [0.2, 0.25) is 0 Å². The molecule has 8 nitrogen and oxygen atoms in total. The summed E-state index contributed by atoms with van der Waals surface area (Å²) in [6, 6.07) is 8.58. The fraction of sp³-hybridized carbons (Fsp3) is 0.360. The predicted octanol–water partition coefficient (Wildman–Crippen LogP) is 4.88. The van der Waals surface area contributed by atoms with Crippen LogP contribution in [0, 0.1) is 0 Å². The molecule has 1 fully saturated rings. The maximum absolute atomic E-state index is 13.3. The highest BCUT2D eigenvalue weighted by molar-refractivity contribution is 9.10. The van der Waals surface area contributed by atoms with Gasteiger partial charge < -0.3 is 14.4 Å². The predicted molar refractivity (Wildman–Crippen MR) is 145 cm³/mol. The molecule has 2 aromatic carbocycles. The topological polar surface area (TPSA) is 86.0 Å². The lowest BCUT2D eigenvalue weighted by molar-refractivity contribution is -0.137. The first kappa shape index (κ1) is 26.6. The molecule has 0 radical (unpaired) electrons. The number of benzene rings is 2. The minimum Gasteiger partial charge on any atom is -0.481 e. The van der Waals surface area contributed by atoms with Crippen LogP contribution in [-0.4, -0.2) is 59.6 Å². The molecule has 11 heteroatoms. The largest absolute Gasteiger partial charge is 0.481 e. The third kappa shape index (κ3) is 5.91. The van der Waals surface area contributed by atoms with Crippen molar-refractivity contribution in [2.45, 2.75) is 26.2 Å². The Hall–Kier alpha value is -2.46. The second-order valence-corrected chi connectivity index (χ2v) is 11.0. The molecule has 190 valence electrons. The van der Waals surface area contributed by atoms with E-state index in [-0.39, 0.29) is 33.9 Å². The highest BCUT2D eigenvalue weighted by atomic mass is 79.9. The number of nitrogens with zero attached hydrogens (tertiary/aromatic N) is 4. The van der Waals surface area contributed by atoms with Crippen LogP contribution in [0.3, 0.4) is 0 Å². The molecule has 0 spiro atoms. The zero-order valence-electron chi connectivity index (χ0n) is 20.1. The monoisotopic (exact) mass is 594 g/mol. The van der Waals surface area contributed by atoms with E-state index >= 15 is 0 Å². The fourth-order valence-electron chi connectivity index (χ4n) is 3.70. The van der Waals surface area contributed by atoms with Crippen molar-refractivity contribution in [3.05, 3.63) is 66.6 Å². The molecule has 1 aromatic heterocycles. The van der Waals surface area contributed by atoms with Gasteiger partial charge >= 0.3 is 0 Å². The molecule has 0 N–H and O–H groups in total. The Morgan fingerprint density at radius 2 is 1.86 bits per heavy atom. The summed E-state index contributed by atoms with van der Waals surface area (Å²) >= 11 is 16.2. The van der Waals surface area contributed by atoms with Gasteiger partial charge in [0.25, 0.3) is 11.5 Å². The molecule has 1 aliphatic rings. The smallest absolute Gasteiger partial charge is 0.282 e. The minimum atomic E-state index is -0.447. The van der Waals surface area contributed by atoms with Crippen LogP contribution in [0.5, 0.6) is 5.75 Å². The minimum absolute atomic E-state index is 0.166. The van der Waals surface area contributed by atoms with Crippen LogP contribution < -0.4 is 10.3 Å². The maximum atomic E-state index is 13.3. The van der Waals surface area contributed by atoms with Crippen molar-refractivity contribution in [3.63, 3.8) is 0 Å². The molecule has 3 aromatic rings. The number of carbonyl (C=O) groups excluding carboxylic acids is 1. The SMILES string of the molecule is CC(C)(C)c1nc2ccc(Br)cc2c(=O)n1N=Cc1cc(Cl)c(OCC(=O)N2CCOCC2)c(Cl)c1. The van der Waals surface area contributed by atoms with Gasteiger partial charge in [-0.1, -0.05) is 59.9 Å². The summed E-state index contributed by atoms with van der Waals surface area (Å²) in [4.78, 5) is 32.1. The third-order valence-electron chi connectivity index (χ3n) is 5.53. The van der Waals surface area contributed by atoms with E-state index in [1.807, 2.05) is 26.8 Å². The second kappa shape index (κ2) is 10.9. The van der Waals surface area contributed by atoms with Gasteiger partial charge in [-0.25, -0.2) is 4.98 Å². The molecular weight excluding hydrogens is 571 g/mol. The lowest BCUT2D eigenvalue weighted by atomic mass is 9.95. The quantitative estimate of drug-likeness (QED) is 0.392. The van der Waals surface area contributed by atoms with Crippen LogP contribution in [0.4, 0.5) is 0 Å². The number of morpholine rings is 1. The molecule has 36 heavy (non-hydrogen) atoms. The molecule has 0 aliphatic carbocycles. The van der Waals surface area contributed by atoms with E-state index in [4.69, 9.17) is 37.7 Å². The van der Waals surface area contributed by atoms with E-state index in [0.717, 1.165) is 4.47 Å². The summed E-state index contributed by atoms with van der Waals surface area (Å²) in [5.74, 6) is 0.555. The standard InChI is InChI=1S/C25H25BrCl2N4O4/c1-25(2,3)24-30-20-5-4-16(26)12-17(20)23(34)32(24)29-13-15-10-18(27)22(19(28)11-15)36-14-21(33)31-6-8-35-9-7-31/h4-5,10-13H,6-9,14H2,1-3H3. The molecule has 1 saturated heterocycles. The van der Waals surface area contributed by atoms with Gasteiger partial charge in [-0.2, -0.15) is 9.78 Å². The van der Waals surface area contributed by atoms with Crippen LogP contribution in [-0.2, 0) is 14.9 Å². The maximum Gasteiger partial charge on any atom is 0.282 e. The van der Waals surface area contributed by atoms with Crippen molar-refractivity contribution in [1.82, 2.24) is 14.6 Å². The number of hydrogen-bond donors (Lipinski definition) is 0. The number of hydrogen-bond acceptors (Lipinski definition) is 6. The van der Waals surface area contributed by atoms with Gasteiger partial charge in [0.05, 0.1) is 40.4 Å². The van der Waals surface area contributed by atoms with E-state index < -0.39 is 5.41 Å². The normalized spacial score (nSPS) is 14.6. The van der Waals surface area contributed by atoms with Crippen LogP contribution in [0.15, 0.2) is 44.7 Å². The summed E-state index contributed by atoms with van der Waals surface area (Å²) in [6.45, 7) is 7.76. The molecular formula is C25H25BrCl2N4O4. The highest BCUT2D eigenvalue weighted by Crippen LogP contribution is 2.34. The molecule has 1 amide bonds. The summed E-state index contributed by atoms with van der Waals surface area (Å²) in [6.07, 6.45) is 1.49. The average Bonchev–Trinajstić information content (AvgIpc) is 2.83. The average molecular weight is 596 g/mol. The Morgan fingerprint density at radius 1 is 1.19 bits per heavy atom. The molecule has 2 heterocycles. The number of fused-ring (bicyclic) bond motifs is 1. The Balaban J connectivity index is 1.62. The second-order valence-electron chi connectivity index (χ2n) is 9.30. The number of carbonyl (C=O) groups is 1. The van der Waals surface area contributed by atoms with Gasteiger partial charge in [-0.3, -0.25) is 9.59 Å². The zero-order chi connectivity index (χ0) is 26.0.